The molecule has 0 amide bonds. The summed E-state index contributed by atoms with van der Waals surface area (Å²) in [7, 11) is 0. The normalized spacial score (nSPS) is 12.4. The summed E-state index contributed by atoms with van der Waals surface area (Å²) in [6.45, 7) is 0.624. The van der Waals surface area contributed by atoms with Gasteiger partial charge in [-0.05, 0) is 31.5 Å². The van der Waals surface area contributed by atoms with Gasteiger partial charge in [-0.1, -0.05) is 6.42 Å². The van der Waals surface area contributed by atoms with Crippen molar-refractivity contribution in [2.75, 3.05) is 6.54 Å². The zero-order chi connectivity index (χ0) is 11.1. The van der Waals surface area contributed by atoms with Gasteiger partial charge in [0.1, 0.15) is 6.04 Å². The van der Waals surface area contributed by atoms with Crippen molar-refractivity contribution in [3.63, 3.8) is 0 Å². The number of carbonyl (C=O) groups excluding carboxylic acids is 1. The Hall–Kier alpha value is -1.33. The molecular formula is C10H17N3O2. The van der Waals surface area contributed by atoms with Gasteiger partial charge in [0.15, 0.2) is 0 Å². The van der Waals surface area contributed by atoms with Gasteiger partial charge < -0.3 is 16.3 Å². The molecule has 0 spiro atoms. The molecule has 0 unspecified atom stereocenters. The maximum Gasteiger partial charge on any atom is 0.349 e. The molecule has 84 valence electrons. The van der Waals surface area contributed by atoms with E-state index in [4.69, 9.17) is 16.3 Å². The van der Waals surface area contributed by atoms with Gasteiger partial charge in [0.25, 0.3) is 0 Å². The zero-order valence-corrected chi connectivity index (χ0v) is 8.63. The summed E-state index contributed by atoms with van der Waals surface area (Å²) >= 11 is 0. The summed E-state index contributed by atoms with van der Waals surface area (Å²) in [5.74, 6) is -0.414. The Morgan fingerprint density at radius 2 is 2.00 bits per heavy atom. The van der Waals surface area contributed by atoms with Gasteiger partial charge in [-0.3, -0.25) is 0 Å². The van der Waals surface area contributed by atoms with Gasteiger partial charge in [0.2, 0.25) is 0 Å². The van der Waals surface area contributed by atoms with Crippen molar-refractivity contribution in [2.45, 2.75) is 25.3 Å². The maximum atomic E-state index is 11.4. The Kier molecular flexibility index (Phi) is 4.86. The molecule has 1 atom stereocenters. The van der Waals surface area contributed by atoms with Crippen LogP contribution in [0, 0.1) is 0 Å². The molecule has 0 aliphatic rings. The van der Waals surface area contributed by atoms with E-state index in [0.717, 1.165) is 12.8 Å². The Morgan fingerprint density at radius 3 is 2.60 bits per heavy atom. The molecule has 1 heterocycles. The lowest BCUT2D eigenvalue weighted by molar-refractivity contribution is -0.145. The average molecular weight is 211 g/mol. The van der Waals surface area contributed by atoms with Crippen molar-refractivity contribution < 1.29 is 9.63 Å². The smallest absolute Gasteiger partial charge is 0.335 e. The van der Waals surface area contributed by atoms with Gasteiger partial charge in [-0.25, -0.2) is 4.79 Å². The van der Waals surface area contributed by atoms with E-state index in [-0.39, 0.29) is 0 Å². The van der Waals surface area contributed by atoms with Crippen molar-refractivity contribution in [3.8, 4) is 0 Å². The fourth-order valence-corrected chi connectivity index (χ4v) is 1.18. The summed E-state index contributed by atoms with van der Waals surface area (Å²) in [4.78, 5) is 16.4. The lowest BCUT2D eigenvalue weighted by atomic mass is 10.1. The topological polar surface area (TPSA) is 83.3 Å². The Labute approximate surface area is 88.9 Å². The highest BCUT2D eigenvalue weighted by Gasteiger charge is 2.15. The first-order valence-electron chi connectivity index (χ1n) is 5.05. The summed E-state index contributed by atoms with van der Waals surface area (Å²) in [6.07, 6.45) is 5.62. The highest BCUT2D eigenvalue weighted by atomic mass is 16.7. The molecule has 0 saturated carbocycles. The van der Waals surface area contributed by atoms with E-state index in [9.17, 15) is 4.79 Å². The van der Waals surface area contributed by atoms with Crippen LogP contribution in [0.2, 0.25) is 0 Å². The number of nitrogens with two attached hydrogens (primary N) is 2. The minimum absolute atomic E-state index is 0.414. The Bertz CT molecular complexity index is 285. The van der Waals surface area contributed by atoms with Gasteiger partial charge in [-0.2, -0.15) is 4.73 Å². The highest BCUT2D eigenvalue weighted by molar-refractivity contribution is 5.75. The number of unbranched alkanes of at least 4 members (excludes halogenated alkanes) is 1. The number of rotatable bonds is 6. The van der Waals surface area contributed by atoms with Gasteiger partial charge >= 0.3 is 5.97 Å². The molecule has 0 aliphatic heterocycles. The molecule has 0 fully saturated rings. The predicted molar refractivity (Wildman–Crippen MR) is 56.9 cm³/mol. The molecule has 4 N–H and O–H groups in total. The van der Waals surface area contributed by atoms with Crippen LogP contribution in [0.3, 0.4) is 0 Å². The first-order valence-corrected chi connectivity index (χ1v) is 5.05. The van der Waals surface area contributed by atoms with E-state index in [2.05, 4.69) is 0 Å². The third-order valence-electron chi connectivity index (χ3n) is 2.04. The molecule has 0 aromatic carbocycles. The van der Waals surface area contributed by atoms with Crippen molar-refractivity contribution in [2.24, 2.45) is 11.5 Å². The van der Waals surface area contributed by atoms with Crippen LogP contribution in [0.4, 0.5) is 0 Å². The van der Waals surface area contributed by atoms with Crippen LogP contribution in [0.15, 0.2) is 24.5 Å². The molecule has 5 nitrogen and oxygen atoms in total. The van der Waals surface area contributed by atoms with Crippen LogP contribution in [0.25, 0.3) is 0 Å². The van der Waals surface area contributed by atoms with Gasteiger partial charge in [-0.15, -0.1) is 0 Å². The predicted octanol–water partition coefficient (Wildman–Crippen LogP) is -0.100. The third-order valence-corrected chi connectivity index (χ3v) is 2.04. The second-order valence-corrected chi connectivity index (χ2v) is 3.34. The average Bonchev–Trinajstić information content (AvgIpc) is 2.70. The molecule has 0 aliphatic carbocycles. The Balaban J connectivity index is 2.27. The zero-order valence-electron chi connectivity index (χ0n) is 8.63. The van der Waals surface area contributed by atoms with Crippen molar-refractivity contribution in [1.82, 2.24) is 4.73 Å². The fourth-order valence-electron chi connectivity index (χ4n) is 1.18. The minimum Gasteiger partial charge on any atom is -0.335 e. The van der Waals surface area contributed by atoms with Crippen LogP contribution in [-0.2, 0) is 4.79 Å². The summed E-state index contributed by atoms with van der Waals surface area (Å²) in [5.41, 5.74) is 11.0. The van der Waals surface area contributed by atoms with Crippen LogP contribution < -0.4 is 16.3 Å². The van der Waals surface area contributed by atoms with E-state index in [0.29, 0.717) is 13.0 Å². The molecule has 1 aromatic rings. The molecule has 0 saturated heterocycles. The van der Waals surface area contributed by atoms with E-state index < -0.39 is 12.0 Å². The van der Waals surface area contributed by atoms with Crippen LogP contribution in [0.1, 0.15) is 19.3 Å². The quantitative estimate of drug-likeness (QED) is 0.644. The molecule has 5 heteroatoms. The monoisotopic (exact) mass is 211 g/mol. The van der Waals surface area contributed by atoms with Crippen LogP contribution in [0.5, 0.6) is 0 Å². The lowest BCUT2D eigenvalue weighted by Crippen LogP contribution is -2.37. The third kappa shape index (κ3) is 4.14. The summed E-state index contributed by atoms with van der Waals surface area (Å²) < 4.78 is 1.34. The summed E-state index contributed by atoms with van der Waals surface area (Å²) in [6, 6.07) is 2.97. The number of carbonyl (C=O) groups is 1. The fraction of sp³-hybridized carbons (Fsp3) is 0.500. The van der Waals surface area contributed by atoms with Crippen LogP contribution in [-0.4, -0.2) is 23.3 Å². The van der Waals surface area contributed by atoms with E-state index in [1.54, 1.807) is 24.5 Å². The molecule has 1 aromatic heterocycles. The molecule has 15 heavy (non-hydrogen) atoms. The van der Waals surface area contributed by atoms with Gasteiger partial charge in [0.05, 0.1) is 0 Å². The van der Waals surface area contributed by atoms with Gasteiger partial charge in [0, 0.05) is 12.4 Å². The maximum absolute atomic E-state index is 11.4. The molecule has 1 rings (SSSR count). The molecular weight excluding hydrogens is 194 g/mol. The van der Waals surface area contributed by atoms with Crippen molar-refractivity contribution in [1.29, 1.82) is 0 Å². The largest absolute Gasteiger partial charge is 0.349 e. The SMILES string of the molecule is NCCCC[C@H](N)C(=O)On1cccc1. The molecule has 0 bridgehead atoms. The molecule has 0 radical (unpaired) electrons. The first kappa shape index (κ1) is 11.7. The van der Waals surface area contributed by atoms with Crippen LogP contribution >= 0.6 is 0 Å². The van der Waals surface area contributed by atoms with E-state index in [1.807, 2.05) is 0 Å². The second-order valence-electron chi connectivity index (χ2n) is 3.34. The van der Waals surface area contributed by atoms with Crippen molar-refractivity contribution in [3.05, 3.63) is 24.5 Å². The number of hydrogen-bond acceptors (Lipinski definition) is 4. The number of aromatic nitrogens is 1. The van der Waals surface area contributed by atoms with Crippen molar-refractivity contribution >= 4 is 5.97 Å². The highest BCUT2D eigenvalue weighted by Crippen LogP contribution is 1.99. The number of hydrogen-bond donors (Lipinski definition) is 2. The summed E-state index contributed by atoms with van der Waals surface area (Å²) in [5, 5.41) is 0. The minimum atomic E-state index is -0.570. The first-order chi connectivity index (χ1) is 7.24. The lowest BCUT2D eigenvalue weighted by Gasteiger charge is -2.10. The standard InChI is InChI=1S/C10H17N3O2/c11-6-2-1-5-9(12)10(14)15-13-7-3-4-8-13/h3-4,7-9H,1-2,5-6,11-12H2/t9-/m0/s1. The Morgan fingerprint density at radius 1 is 1.33 bits per heavy atom. The van der Waals surface area contributed by atoms with E-state index >= 15 is 0 Å². The number of nitrogens with zero attached hydrogens (tertiary/aromatic N) is 1. The second kappa shape index (κ2) is 6.21. The van der Waals surface area contributed by atoms with E-state index in [1.165, 1.54) is 4.73 Å².